The van der Waals surface area contributed by atoms with E-state index < -0.39 is 69.9 Å². The number of Topliss-reactive ketones (excluding diaryl/α,β-unsaturated/α-hetero) is 1. The Morgan fingerprint density at radius 2 is 1.29 bits per heavy atom. The summed E-state index contributed by atoms with van der Waals surface area (Å²) in [7, 11) is -4.79. The number of phosphoric ester groups is 1. The van der Waals surface area contributed by atoms with Gasteiger partial charge in [-0.2, -0.15) is 0 Å². The van der Waals surface area contributed by atoms with E-state index in [1.165, 1.54) is 19.3 Å². The quantitative estimate of drug-likeness (QED) is 0.0168. The second-order valence-electron chi connectivity index (χ2n) is 16.3. The van der Waals surface area contributed by atoms with Crippen LogP contribution in [-0.4, -0.2) is 88.1 Å². The lowest BCUT2D eigenvalue weighted by Crippen LogP contribution is -2.34. The maximum Gasteiger partial charge on any atom is 0.472 e. The zero-order valence-electron chi connectivity index (χ0n) is 38.1. The fourth-order valence-corrected chi connectivity index (χ4v) is 7.66. The Labute approximate surface area is 377 Å². The number of esters is 2. The SMILES string of the molecule is CCCCC/C=C\C/C=C\C/C=C\C/C=C\CCCCCC(=O)O[C@H](COC(=O)CCCCCC[C@H]1C(=O)C[C@@H](O)[C@@H]1/C=C/[C@@H](O)CCCCC)COP(=O)(O)OC[C@H](N)C(=O)O. The average molecular weight is 910 g/mol. The summed E-state index contributed by atoms with van der Waals surface area (Å²) < 4.78 is 32.7. The highest BCUT2D eigenvalue weighted by atomic mass is 31.2. The lowest BCUT2D eigenvalue weighted by molar-refractivity contribution is -0.161. The van der Waals surface area contributed by atoms with Crippen molar-refractivity contribution >= 4 is 31.5 Å². The summed E-state index contributed by atoms with van der Waals surface area (Å²) in [5.74, 6) is -3.23. The number of phosphoric acid groups is 1. The molecule has 360 valence electrons. The number of carbonyl (C=O) groups is 4. The predicted octanol–water partition coefficient (Wildman–Crippen LogP) is 9.32. The molecule has 15 heteroatoms. The summed E-state index contributed by atoms with van der Waals surface area (Å²) in [4.78, 5) is 58.9. The molecular formula is C48H80NO13P. The van der Waals surface area contributed by atoms with E-state index in [-0.39, 0.29) is 36.9 Å². The Hall–Kier alpha value is -3.23. The minimum absolute atomic E-state index is 0.0200. The van der Waals surface area contributed by atoms with E-state index in [2.05, 4.69) is 67.0 Å². The topological polar surface area (TPSA) is 229 Å². The summed E-state index contributed by atoms with van der Waals surface area (Å²) in [6, 6.07) is -1.57. The number of aliphatic hydroxyl groups excluding tert-OH is 2. The van der Waals surface area contributed by atoms with Crippen LogP contribution in [-0.2, 0) is 42.3 Å². The number of aliphatic carboxylic acids is 1. The molecule has 1 aliphatic rings. The van der Waals surface area contributed by atoms with E-state index in [0.29, 0.717) is 32.1 Å². The van der Waals surface area contributed by atoms with Crippen molar-refractivity contribution in [3.63, 3.8) is 0 Å². The molecule has 0 radical (unpaired) electrons. The van der Waals surface area contributed by atoms with E-state index >= 15 is 0 Å². The van der Waals surface area contributed by atoms with Crippen LogP contribution in [0.25, 0.3) is 0 Å². The van der Waals surface area contributed by atoms with Crippen molar-refractivity contribution in [1.29, 1.82) is 0 Å². The van der Waals surface area contributed by atoms with E-state index in [1.54, 1.807) is 12.2 Å². The molecule has 14 nitrogen and oxygen atoms in total. The molecule has 0 saturated heterocycles. The van der Waals surface area contributed by atoms with Crippen LogP contribution in [0.4, 0.5) is 0 Å². The number of hydrogen-bond donors (Lipinski definition) is 5. The van der Waals surface area contributed by atoms with Gasteiger partial charge in [-0.05, 0) is 70.6 Å². The Morgan fingerprint density at radius 3 is 1.90 bits per heavy atom. The van der Waals surface area contributed by atoms with Crippen LogP contribution in [0.1, 0.15) is 162 Å². The van der Waals surface area contributed by atoms with Crippen molar-refractivity contribution in [2.24, 2.45) is 17.6 Å². The zero-order valence-corrected chi connectivity index (χ0v) is 39.0. The number of ether oxygens (including phenoxy) is 2. The number of rotatable bonds is 39. The summed E-state index contributed by atoms with van der Waals surface area (Å²) in [5, 5.41) is 29.6. The van der Waals surface area contributed by atoms with E-state index in [9.17, 15) is 38.8 Å². The molecule has 0 amide bonds. The van der Waals surface area contributed by atoms with E-state index in [4.69, 9.17) is 24.8 Å². The smallest absolute Gasteiger partial charge is 0.472 e. The van der Waals surface area contributed by atoms with E-state index in [0.717, 1.165) is 77.0 Å². The lowest BCUT2D eigenvalue weighted by atomic mass is 9.88. The molecule has 1 saturated carbocycles. The minimum atomic E-state index is -4.79. The first-order valence-electron chi connectivity index (χ1n) is 23.4. The molecule has 0 spiro atoms. The van der Waals surface area contributed by atoms with Gasteiger partial charge in [-0.3, -0.25) is 28.2 Å². The van der Waals surface area contributed by atoms with Crippen molar-refractivity contribution in [2.75, 3.05) is 19.8 Å². The van der Waals surface area contributed by atoms with Gasteiger partial charge in [-0.15, -0.1) is 0 Å². The second-order valence-corrected chi connectivity index (χ2v) is 17.8. The van der Waals surface area contributed by atoms with Crippen molar-refractivity contribution in [1.82, 2.24) is 0 Å². The molecule has 1 fully saturated rings. The van der Waals surface area contributed by atoms with Gasteiger partial charge in [0.2, 0.25) is 0 Å². The van der Waals surface area contributed by atoms with Crippen molar-refractivity contribution in [2.45, 2.75) is 186 Å². The molecule has 7 atom stereocenters. The van der Waals surface area contributed by atoms with Gasteiger partial charge in [0.05, 0.1) is 25.4 Å². The minimum Gasteiger partial charge on any atom is -0.480 e. The van der Waals surface area contributed by atoms with Gasteiger partial charge in [0.25, 0.3) is 0 Å². The molecule has 63 heavy (non-hydrogen) atoms. The number of ketones is 1. The molecule has 1 aliphatic carbocycles. The Bertz CT molecular complexity index is 1460. The van der Waals surface area contributed by atoms with Crippen LogP contribution >= 0.6 is 7.82 Å². The first-order valence-corrected chi connectivity index (χ1v) is 24.9. The van der Waals surface area contributed by atoms with Gasteiger partial charge in [0.15, 0.2) is 6.10 Å². The highest BCUT2D eigenvalue weighted by molar-refractivity contribution is 7.47. The predicted molar refractivity (Wildman–Crippen MR) is 245 cm³/mol. The Kier molecular flexibility index (Phi) is 34.0. The molecule has 0 aromatic rings. The number of carboxylic acids is 1. The third kappa shape index (κ3) is 31.3. The van der Waals surface area contributed by atoms with Gasteiger partial charge in [-0.25, -0.2) is 4.57 Å². The molecule has 0 aromatic heterocycles. The number of carboxylic acid groups (broad SMARTS) is 1. The van der Waals surface area contributed by atoms with Crippen LogP contribution in [0.2, 0.25) is 0 Å². The normalized spacial score (nSPS) is 19.5. The largest absolute Gasteiger partial charge is 0.480 e. The molecular weight excluding hydrogens is 829 g/mol. The Balaban J connectivity index is 2.47. The summed E-state index contributed by atoms with van der Waals surface area (Å²) in [5.41, 5.74) is 5.33. The van der Waals surface area contributed by atoms with Crippen molar-refractivity contribution in [3.05, 3.63) is 60.8 Å². The third-order valence-corrected chi connectivity index (χ3v) is 11.6. The molecule has 0 bridgehead atoms. The molecule has 0 heterocycles. The summed E-state index contributed by atoms with van der Waals surface area (Å²) in [6.07, 6.45) is 36.1. The second kappa shape index (κ2) is 37.0. The first kappa shape index (κ1) is 57.8. The number of carbonyl (C=O) groups excluding carboxylic acids is 3. The van der Waals surface area contributed by atoms with Crippen LogP contribution in [0.3, 0.4) is 0 Å². The fraction of sp³-hybridized carbons (Fsp3) is 0.708. The van der Waals surface area contributed by atoms with Gasteiger partial charge < -0.3 is 35.4 Å². The van der Waals surface area contributed by atoms with Gasteiger partial charge >= 0.3 is 25.7 Å². The highest BCUT2D eigenvalue weighted by Gasteiger charge is 2.39. The van der Waals surface area contributed by atoms with Crippen LogP contribution in [0.5, 0.6) is 0 Å². The van der Waals surface area contributed by atoms with Crippen molar-refractivity contribution in [3.8, 4) is 0 Å². The highest BCUT2D eigenvalue weighted by Crippen LogP contribution is 2.43. The summed E-state index contributed by atoms with van der Waals surface area (Å²) in [6.45, 7) is 2.40. The molecule has 0 aromatic carbocycles. The Morgan fingerprint density at radius 1 is 0.746 bits per heavy atom. The van der Waals surface area contributed by atoms with Gasteiger partial charge in [-0.1, -0.05) is 132 Å². The lowest BCUT2D eigenvalue weighted by Gasteiger charge is -2.20. The molecule has 1 unspecified atom stereocenters. The zero-order chi connectivity index (χ0) is 46.6. The number of aliphatic hydroxyl groups is 2. The monoisotopic (exact) mass is 910 g/mol. The van der Waals surface area contributed by atoms with Crippen LogP contribution in [0, 0.1) is 11.8 Å². The van der Waals surface area contributed by atoms with Crippen LogP contribution < -0.4 is 5.73 Å². The van der Waals surface area contributed by atoms with Crippen LogP contribution in [0.15, 0.2) is 60.8 Å². The number of hydrogen-bond acceptors (Lipinski definition) is 12. The van der Waals surface area contributed by atoms with Gasteiger partial charge in [0, 0.05) is 31.1 Å². The maximum absolute atomic E-state index is 12.7. The standard InChI is InChI=1S/C48H80NO13P/c1-3-5-7-8-9-10-11-12-13-14-15-16-17-18-19-20-21-22-28-32-47(54)62-40(37-60-63(57,58)61-38-43(49)48(55)56)36-59-46(53)31-27-24-23-26-30-41-42(45(52)35-44(41)51)34-33-39(50)29-25-6-4-2/h9-10,12-13,15-16,18-19,33-34,39-43,45,50,52H,3-8,11,14,17,20-32,35-38,49H2,1-2H3,(H,55,56)(H,57,58)/b10-9-,13-12-,16-15-,19-18-,34-33+/t39-,40+,41+,42+,43-,45+/m0/s1. The summed E-state index contributed by atoms with van der Waals surface area (Å²) >= 11 is 0. The number of nitrogens with two attached hydrogens (primary N) is 1. The fourth-order valence-electron chi connectivity index (χ4n) is 6.88. The van der Waals surface area contributed by atoms with E-state index in [1.807, 2.05) is 0 Å². The number of unbranched alkanes of at least 4 members (excludes halogenated alkanes) is 11. The first-order chi connectivity index (χ1) is 30.3. The average Bonchev–Trinajstić information content (AvgIpc) is 3.52. The number of allylic oxidation sites excluding steroid dienone is 8. The molecule has 1 rings (SSSR count). The third-order valence-electron chi connectivity index (χ3n) is 10.6. The molecule has 0 aliphatic heterocycles. The maximum atomic E-state index is 12.7. The van der Waals surface area contributed by atoms with Gasteiger partial charge in [0.1, 0.15) is 18.4 Å². The van der Waals surface area contributed by atoms with Crippen molar-refractivity contribution < 1.29 is 62.5 Å². The molecule has 6 N–H and O–H groups in total.